The topological polar surface area (TPSA) is 69.4 Å². The first-order valence-corrected chi connectivity index (χ1v) is 5.63. The van der Waals surface area contributed by atoms with Gasteiger partial charge in [-0.2, -0.15) is 0 Å². The number of amides is 1. The zero-order valence-electron chi connectivity index (χ0n) is 10.6. The predicted octanol–water partition coefficient (Wildman–Crippen LogP) is 2.26. The molecule has 0 bridgehead atoms. The number of rotatable bonds is 2. The number of hydrogen-bond acceptors (Lipinski definition) is 3. The van der Waals surface area contributed by atoms with Crippen molar-refractivity contribution in [2.24, 2.45) is 5.73 Å². The first-order valence-electron chi connectivity index (χ1n) is 5.63. The molecule has 0 saturated heterocycles. The van der Waals surface area contributed by atoms with Gasteiger partial charge in [-0.1, -0.05) is 36.4 Å². The van der Waals surface area contributed by atoms with E-state index >= 15 is 0 Å². The quantitative estimate of drug-likeness (QED) is 0.839. The van der Waals surface area contributed by atoms with Crippen molar-refractivity contribution in [2.45, 2.75) is 0 Å². The minimum Gasteiger partial charge on any atom is -0.465 e. The Balaban J connectivity index is 0.000000191. The van der Waals surface area contributed by atoms with Crippen molar-refractivity contribution in [3.63, 3.8) is 0 Å². The average Bonchev–Trinajstić information content (AvgIpc) is 2.49. The van der Waals surface area contributed by atoms with E-state index in [1.807, 2.05) is 12.1 Å². The van der Waals surface area contributed by atoms with E-state index in [9.17, 15) is 9.59 Å². The van der Waals surface area contributed by atoms with Crippen molar-refractivity contribution >= 4 is 11.9 Å². The van der Waals surface area contributed by atoms with Gasteiger partial charge in [0, 0.05) is 5.56 Å². The molecule has 0 atom stereocenters. The molecule has 98 valence electrons. The van der Waals surface area contributed by atoms with Crippen LogP contribution in [0, 0.1) is 0 Å². The Bertz CT molecular complexity index is 524. The number of carbonyl (C=O) groups excluding carboxylic acids is 2. The lowest BCUT2D eigenvalue weighted by Crippen LogP contribution is -2.09. The summed E-state index contributed by atoms with van der Waals surface area (Å²) < 4.78 is 4.50. The third kappa shape index (κ3) is 5.04. The number of methoxy groups -OCH3 is 1. The highest BCUT2D eigenvalue weighted by Gasteiger charge is 2.00. The largest absolute Gasteiger partial charge is 0.465 e. The minimum absolute atomic E-state index is 0.291. The van der Waals surface area contributed by atoms with Gasteiger partial charge < -0.3 is 10.5 Å². The molecule has 0 spiro atoms. The van der Waals surface area contributed by atoms with E-state index in [0.717, 1.165) is 0 Å². The highest BCUT2D eigenvalue weighted by Crippen LogP contribution is 1.98. The molecule has 19 heavy (non-hydrogen) atoms. The summed E-state index contributed by atoms with van der Waals surface area (Å²) in [5.74, 6) is -0.670. The Morgan fingerprint density at radius 1 is 0.842 bits per heavy atom. The van der Waals surface area contributed by atoms with Crippen LogP contribution >= 0.6 is 0 Å². The number of ether oxygens (including phenoxy) is 1. The lowest BCUT2D eigenvalue weighted by molar-refractivity contribution is 0.0600. The van der Waals surface area contributed by atoms with Crippen LogP contribution in [0.4, 0.5) is 0 Å². The molecular formula is C15H15NO3. The lowest BCUT2D eigenvalue weighted by Gasteiger charge is -1.95. The summed E-state index contributed by atoms with van der Waals surface area (Å²) in [6.07, 6.45) is 0. The zero-order chi connectivity index (χ0) is 14.1. The molecule has 2 rings (SSSR count). The van der Waals surface area contributed by atoms with Crippen LogP contribution < -0.4 is 5.73 Å². The minimum atomic E-state index is -0.379. The molecule has 0 heterocycles. The summed E-state index contributed by atoms with van der Waals surface area (Å²) in [5, 5.41) is 0. The number of primary amides is 1. The molecule has 0 radical (unpaired) electrons. The van der Waals surface area contributed by atoms with E-state index in [1.54, 1.807) is 48.5 Å². The molecular weight excluding hydrogens is 242 g/mol. The average molecular weight is 257 g/mol. The van der Waals surface area contributed by atoms with E-state index in [0.29, 0.717) is 11.1 Å². The van der Waals surface area contributed by atoms with Gasteiger partial charge in [0.1, 0.15) is 0 Å². The Hall–Kier alpha value is -2.62. The molecule has 4 heteroatoms. The molecule has 4 nitrogen and oxygen atoms in total. The molecule has 2 aromatic rings. The van der Waals surface area contributed by atoms with Gasteiger partial charge in [-0.15, -0.1) is 0 Å². The fourth-order valence-electron chi connectivity index (χ4n) is 1.29. The molecule has 2 aromatic carbocycles. The second-order valence-corrected chi connectivity index (χ2v) is 3.59. The monoisotopic (exact) mass is 257 g/mol. The van der Waals surface area contributed by atoms with Crippen LogP contribution in [-0.2, 0) is 4.74 Å². The van der Waals surface area contributed by atoms with Crippen molar-refractivity contribution in [1.82, 2.24) is 0 Å². The Kier molecular flexibility index (Phi) is 5.82. The van der Waals surface area contributed by atoms with Crippen LogP contribution in [0.15, 0.2) is 60.7 Å². The first kappa shape index (κ1) is 14.4. The molecule has 0 saturated carbocycles. The van der Waals surface area contributed by atoms with E-state index in [1.165, 1.54) is 7.11 Å². The third-order valence-corrected chi connectivity index (χ3v) is 2.25. The van der Waals surface area contributed by atoms with E-state index in [-0.39, 0.29) is 11.9 Å². The van der Waals surface area contributed by atoms with Crippen molar-refractivity contribution in [2.75, 3.05) is 7.11 Å². The van der Waals surface area contributed by atoms with Crippen molar-refractivity contribution < 1.29 is 14.3 Å². The lowest BCUT2D eigenvalue weighted by atomic mass is 10.2. The summed E-state index contributed by atoms with van der Waals surface area (Å²) >= 11 is 0. The van der Waals surface area contributed by atoms with Crippen molar-refractivity contribution in [3.8, 4) is 0 Å². The molecule has 0 aliphatic carbocycles. The van der Waals surface area contributed by atoms with E-state index < -0.39 is 0 Å². The second-order valence-electron chi connectivity index (χ2n) is 3.59. The van der Waals surface area contributed by atoms with Gasteiger partial charge in [0.15, 0.2) is 0 Å². The molecule has 0 fully saturated rings. The predicted molar refractivity (Wildman–Crippen MR) is 72.7 cm³/mol. The van der Waals surface area contributed by atoms with Gasteiger partial charge in [-0.3, -0.25) is 4.79 Å². The van der Waals surface area contributed by atoms with Crippen LogP contribution in [0.2, 0.25) is 0 Å². The fourth-order valence-corrected chi connectivity index (χ4v) is 1.29. The molecule has 0 aliphatic heterocycles. The summed E-state index contributed by atoms with van der Waals surface area (Å²) in [6, 6.07) is 17.6. The number of nitrogens with two attached hydrogens (primary N) is 1. The van der Waals surface area contributed by atoms with Crippen molar-refractivity contribution in [3.05, 3.63) is 71.8 Å². The van der Waals surface area contributed by atoms with Crippen molar-refractivity contribution in [1.29, 1.82) is 0 Å². The zero-order valence-corrected chi connectivity index (χ0v) is 10.6. The highest BCUT2D eigenvalue weighted by atomic mass is 16.5. The Labute approximate surface area is 111 Å². The highest BCUT2D eigenvalue weighted by molar-refractivity contribution is 5.92. The normalized spacial score (nSPS) is 8.89. The van der Waals surface area contributed by atoms with Gasteiger partial charge in [-0.25, -0.2) is 4.79 Å². The summed E-state index contributed by atoms with van der Waals surface area (Å²) in [7, 11) is 1.37. The number of esters is 1. The molecule has 1 amide bonds. The fraction of sp³-hybridized carbons (Fsp3) is 0.0667. The van der Waals surface area contributed by atoms with Gasteiger partial charge in [0.2, 0.25) is 5.91 Å². The van der Waals surface area contributed by atoms with E-state index in [2.05, 4.69) is 4.74 Å². The summed E-state index contributed by atoms with van der Waals surface area (Å²) in [5.41, 5.74) is 6.12. The maximum atomic E-state index is 10.8. The molecule has 0 unspecified atom stereocenters. The Morgan fingerprint density at radius 2 is 1.26 bits per heavy atom. The maximum absolute atomic E-state index is 10.8. The number of benzene rings is 2. The molecule has 0 aromatic heterocycles. The Morgan fingerprint density at radius 3 is 1.58 bits per heavy atom. The van der Waals surface area contributed by atoms with Gasteiger partial charge in [0.05, 0.1) is 12.7 Å². The van der Waals surface area contributed by atoms with Crippen LogP contribution in [0.5, 0.6) is 0 Å². The standard InChI is InChI=1S/C8H8O2.C7H7NO/c1-10-8(9)7-5-3-2-4-6-7;8-7(9)6-4-2-1-3-5-6/h2-6H,1H3;1-5H,(H2,8,9). The van der Waals surface area contributed by atoms with E-state index in [4.69, 9.17) is 5.73 Å². The van der Waals surface area contributed by atoms with Gasteiger partial charge >= 0.3 is 5.97 Å². The third-order valence-electron chi connectivity index (χ3n) is 2.25. The smallest absolute Gasteiger partial charge is 0.337 e. The second kappa shape index (κ2) is 7.66. The SMILES string of the molecule is COC(=O)c1ccccc1.NC(=O)c1ccccc1. The van der Waals surface area contributed by atoms with Crippen LogP contribution in [0.25, 0.3) is 0 Å². The summed E-state index contributed by atoms with van der Waals surface area (Å²) in [6.45, 7) is 0. The van der Waals surface area contributed by atoms with Crippen LogP contribution in [0.3, 0.4) is 0 Å². The molecule has 2 N–H and O–H groups in total. The van der Waals surface area contributed by atoms with Crippen LogP contribution in [-0.4, -0.2) is 19.0 Å². The summed E-state index contributed by atoms with van der Waals surface area (Å²) in [4.78, 5) is 21.2. The van der Waals surface area contributed by atoms with Gasteiger partial charge in [0.25, 0.3) is 0 Å². The first-order chi connectivity index (χ1) is 9.15. The maximum Gasteiger partial charge on any atom is 0.337 e. The number of hydrogen-bond donors (Lipinski definition) is 1. The van der Waals surface area contributed by atoms with Gasteiger partial charge in [-0.05, 0) is 24.3 Å². The molecule has 0 aliphatic rings. The van der Waals surface area contributed by atoms with Crippen LogP contribution in [0.1, 0.15) is 20.7 Å². The number of carbonyl (C=O) groups is 2.